The Morgan fingerprint density at radius 3 is 2.84 bits per heavy atom. The summed E-state index contributed by atoms with van der Waals surface area (Å²) in [6.07, 6.45) is 1.06. The molecule has 0 heterocycles. The van der Waals surface area contributed by atoms with Gasteiger partial charge in [0.2, 0.25) is 0 Å². The SMILES string of the molecule is CCC(NCCC(=O)OC)c1cccc([N+](=O)[O-])c1. The standard InChI is InChI=1S/C13H18N2O4/c1-3-12(14-8-7-13(16)19-2)10-5-4-6-11(9-10)15(17)18/h4-6,9,12,14H,3,7-8H2,1-2H3. The Morgan fingerprint density at radius 2 is 2.26 bits per heavy atom. The maximum atomic E-state index is 11.0. The van der Waals surface area contributed by atoms with E-state index in [0.717, 1.165) is 12.0 Å². The average molecular weight is 266 g/mol. The minimum Gasteiger partial charge on any atom is -0.469 e. The highest BCUT2D eigenvalue weighted by Gasteiger charge is 2.13. The van der Waals surface area contributed by atoms with Crippen LogP contribution in [0.1, 0.15) is 31.4 Å². The fourth-order valence-corrected chi connectivity index (χ4v) is 1.80. The summed E-state index contributed by atoms with van der Waals surface area (Å²) >= 11 is 0. The lowest BCUT2D eigenvalue weighted by Gasteiger charge is -2.16. The van der Waals surface area contributed by atoms with E-state index >= 15 is 0 Å². The summed E-state index contributed by atoms with van der Waals surface area (Å²) in [5, 5.41) is 13.9. The molecule has 1 rings (SSSR count). The van der Waals surface area contributed by atoms with Crippen molar-refractivity contribution in [3.8, 4) is 0 Å². The van der Waals surface area contributed by atoms with Crippen LogP contribution < -0.4 is 5.32 Å². The molecule has 0 aliphatic rings. The van der Waals surface area contributed by atoms with Crippen molar-refractivity contribution in [2.45, 2.75) is 25.8 Å². The van der Waals surface area contributed by atoms with Gasteiger partial charge in [-0.25, -0.2) is 0 Å². The second-order valence-corrected chi connectivity index (χ2v) is 4.09. The summed E-state index contributed by atoms with van der Waals surface area (Å²) < 4.78 is 4.55. The van der Waals surface area contributed by atoms with Gasteiger partial charge in [-0.3, -0.25) is 14.9 Å². The summed E-state index contributed by atoms with van der Waals surface area (Å²) in [5.74, 6) is -0.276. The molecule has 0 saturated carbocycles. The number of nitro groups is 1. The van der Waals surface area contributed by atoms with Crippen molar-refractivity contribution >= 4 is 11.7 Å². The Hall–Kier alpha value is -1.95. The van der Waals surface area contributed by atoms with Gasteiger partial charge in [-0.2, -0.15) is 0 Å². The highest BCUT2D eigenvalue weighted by atomic mass is 16.6. The number of benzene rings is 1. The van der Waals surface area contributed by atoms with Gasteiger partial charge in [-0.05, 0) is 12.0 Å². The Bertz CT molecular complexity index is 448. The van der Waals surface area contributed by atoms with E-state index in [-0.39, 0.29) is 24.1 Å². The molecule has 0 radical (unpaired) electrons. The number of nitro benzene ring substituents is 1. The number of hydrogen-bond donors (Lipinski definition) is 1. The number of hydrogen-bond acceptors (Lipinski definition) is 5. The number of ether oxygens (including phenoxy) is 1. The van der Waals surface area contributed by atoms with Crippen LogP contribution in [0.15, 0.2) is 24.3 Å². The van der Waals surface area contributed by atoms with Crippen LogP contribution in [0.25, 0.3) is 0 Å². The number of nitrogens with one attached hydrogen (secondary N) is 1. The van der Waals surface area contributed by atoms with Crippen molar-refractivity contribution in [1.82, 2.24) is 5.32 Å². The van der Waals surface area contributed by atoms with Crippen molar-refractivity contribution < 1.29 is 14.5 Å². The zero-order valence-electron chi connectivity index (χ0n) is 11.1. The number of non-ortho nitro benzene ring substituents is 1. The zero-order valence-corrected chi connectivity index (χ0v) is 11.1. The predicted octanol–water partition coefficient (Wildman–Crippen LogP) is 2.20. The summed E-state index contributed by atoms with van der Waals surface area (Å²) in [6.45, 7) is 2.46. The first-order valence-electron chi connectivity index (χ1n) is 6.13. The fraction of sp³-hybridized carbons (Fsp3) is 0.462. The van der Waals surface area contributed by atoms with E-state index in [1.54, 1.807) is 12.1 Å². The minimum absolute atomic E-state index is 0.00967. The van der Waals surface area contributed by atoms with Gasteiger partial charge in [0, 0.05) is 24.7 Å². The van der Waals surface area contributed by atoms with Gasteiger partial charge in [-0.1, -0.05) is 19.1 Å². The summed E-state index contributed by atoms with van der Waals surface area (Å²) in [6, 6.07) is 6.51. The molecule has 0 aliphatic carbocycles. The topological polar surface area (TPSA) is 81.5 Å². The molecule has 0 spiro atoms. The zero-order chi connectivity index (χ0) is 14.3. The van der Waals surface area contributed by atoms with E-state index in [1.807, 2.05) is 13.0 Å². The molecule has 104 valence electrons. The van der Waals surface area contributed by atoms with E-state index in [0.29, 0.717) is 6.54 Å². The normalized spacial score (nSPS) is 11.9. The first kappa shape index (κ1) is 15.1. The van der Waals surface area contributed by atoms with Crippen molar-refractivity contribution in [2.24, 2.45) is 0 Å². The molecule has 6 nitrogen and oxygen atoms in total. The quantitative estimate of drug-likeness (QED) is 0.465. The summed E-state index contributed by atoms with van der Waals surface area (Å²) in [5.41, 5.74) is 0.923. The maximum Gasteiger partial charge on any atom is 0.306 e. The van der Waals surface area contributed by atoms with Crippen LogP contribution in [0.2, 0.25) is 0 Å². The van der Waals surface area contributed by atoms with Crippen molar-refractivity contribution in [3.63, 3.8) is 0 Å². The average Bonchev–Trinajstić information content (AvgIpc) is 2.43. The second-order valence-electron chi connectivity index (χ2n) is 4.09. The van der Waals surface area contributed by atoms with E-state index < -0.39 is 4.92 Å². The second kappa shape index (κ2) is 7.48. The van der Waals surface area contributed by atoms with Crippen LogP contribution in [0.3, 0.4) is 0 Å². The van der Waals surface area contributed by atoms with Gasteiger partial charge < -0.3 is 10.1 Å². The lowest BCUT2D eigenvalue weighted by Crippen LogP contribution is -2.24. The largest absolute Gasteiger partial charge is 0.469 e. The molecule has 1 aromatic rings. The van der Waals surface area contributed by atoms with Crippen molar-refractivity contribution in [2.75, 3.05) is 13.7 Å². The van der Waals surface area contributed by atoms with Crippen molar-refractivity contribution in [3.05, 3.63) is 39.9 Å². The third-order valence-corrected chi connectivity index (χ3v) is 2.84. The molecule has 19 heavy (non-hydrogen) atoms. The predicted molar refractivity (Wildman–Crippen MR) is 70.8 cm³/mol. The van der Waals surface area contributed by atoms with Gasteiger partial charge in [0.05, 0.1) is 18.5 Å². The Kier molecular flexibility index (Phi) is 5.95. The van der Waals surface area contributed by atoms with E-state index in [2.05, 4.69) is 10.1 Å². The van der Waals surface area contributed by atoms with E-state index in [1.165, 1.54) is 13.2 Å². The number of nitrogens with zero attached hydrogens (tertiary/aromatic N) is 1. The maximum absolute atomic E-state index is 11.0. The third-order valence-electron chi connectivity index (χ3n) is 2.84. The van der Waals surface area contributed by atoms with E-state index in [4.69, 9.17) is 0 Å². The van der Waals surface area contributed by atoms with Crippen LogP contribution in [0, 0.1) is 10.1 Å². The molecule has 1 aromatic carbocycles. The third kappa shape index (κ3) is 4.67. The lowest BCUT2D eigenvalue weighted by molar-refractivity contribution is -0.384. The monoisotopic (exact) mass is 266 g/mol. The molecule has 0 aromatic heterocycles. The minimum atomic E-state index is -0.412. The Balaban J connectivity index is 2.66. The molecule has 1 unspecified atom stereocenters. The highest BCUT2D eigenvalue weighted by molar-refractivity contribution is 5.69. The molecular weight excluding hydrogens is 248 g/mol. The molecule has 0 amide bonds. The van der Waals surface area contributed by atoms with Crippen LogP contribution in [0.4, 0.5) is 5.69 Å². The van der Waals surface area contributed by atoms with Crippen LogP contribution in [-0.4, -0.2) is 24.5 Å². The fourth-order valence-electron chi connectivity index (χ4n) is 1.80. The summed E-state index contributed by atoms with van der Waals surface area (Å²) in [4.78, 5) is 21.3. The number of esters is 1. The number of rotatable bonds is 7. The molecular formula is C13H18N2O4. The Morgan fingerprint density at radius 1 is 1.53 bits per heavy atom. The molecule has 6 heteroatoms. The summed E-state index contributed by atoms with van der Waals surface area (Å²) in [7, 11) is 1.35. The molecule has 0 bridgehead atoms. The van der Waals surface area contributed by atoms with Gasteiger partial charge in [0.15, 0.2) is 0 Å². The smallest absolute Gasteiger partial charge is 0.306 e. The van der Waals surface area contributed by atoms with Gasteiger partial charge in [0.25, 0.3) is 5.69 Å². The Labute approximate surface area is 111 Å². The lowest BCUT2D eigenvalue weighted by atomic mass is 10.0. The molecule has 1 N–H and O–H groups in total. The van der Waals surface area contributed by atoms with Crippen LogP contribution in [-0.2, 0) is 9.53 Å². The van der Waals surface area contributed by atoms with Crippen LogP contribution >= 0.6 is 0 Å². The molecule has 0 aliphatic heterocycles. The van der Waals surface area contributed by atoms with Gasteiger partial charge in [-0.15, -0.1) is 0 Å². The molecule has 1 atom stereocenters. The van der Waals surface area contributed by atoms with Crippen molar-refractivity contribution in [1.29, 1.82) is 0 Å². The first-order valence-corrected chi connectivity index (χ1v) is 6.13. The first-order chi connectivity index (χ1) is 9.08. The number of methoxy groups -OCH3 is 1. The molecule has 0 saturated heterocycles. The number of carbonyl (C=O) groups excluding carboxylic acids is 1. The molecule has 0 fully saturated rings. The van der Waals surface area contributed by atoms with Crippen LogP contribution in [0.5, 0.6) is 0 Å². The highest BCUT2D eigenvalue weighted by Crippen LogP contribution is 2.21. The number of carbonyl (C=O) groups is 1. The van der Waals surface area contributed by atoms with E-state index in [9.17, 15) is 14.9 Å². The van der Waals surface area contributed by atoms with Gasteiger partial charge >= 0.3 is 5.97 Å². The van der Waals surface area contributed by atoms with Gasteiger partial charge in [0.1, 0.15) is 0 Å².